The van der Waals surface area contributed by atoms with E-state index in [1.807, 2.05) is 4.52 Å². The molecule has 0 atom stereocenters. The van der Waals surface area contributed by atoms with E-state index < -0.39 is 0 Å². The second-order valence-corrected chi connectivity index (χ2v) is 6.74. The molecule has 0 aliphatic rings. The Hall–Kier alpha value is -1.68. The summed E-state index contributed by atoms with van der Waals surface area (Å²) >= 11 is 1.70. The zero-order valence-electron chi connectivity index (χ0n) is 12.3. The van der Waals surface area contributed by atoms with Gasteiger partial charge in [-0.1, -0.05) is 55.0 Å². The Bertz CT molecular complexity index is 735. The monoisotopic (exact) mass is 285 g/mol. The van der Waals surface area contributed by atoms with E-state index in [9.17, 15) is 0 Å². The molecule has 0 radical (unpaired) electrons. The Kier molecular flexibility index (Phi) is 3.34. The molecule has 0 N–H and O–H groups in total. The Morgan fingerprint density at radius 1 is 1.15 bits per heavy atom. The van der Waals surface area contributed by atoms with Gasteiger partial charge < -0.3 is 0 Å². The fraction of sp³-hybridized carbons (Fsp3) is 0.375. The van der Waals surface area contributed by atoms with Crippen molar-refractivity contribution in [2.45, 2.75) is 34.1 Å². The van der Waals surface area contributed by atoms with Crippen LogP contribution in [0.4, 0.5) is 0 Å². The first-order valence-corrected chi connectivity index (χ1v) is 7.78. The predicted molar refractivity (Wildman–Crippen MR) is 84.3 cm³/mol. The summed E-state index contributed by atoms with van der Waals surface area (Å²) in [4.78, 5) is 5.75. The lowest BCUT2D eigenvalue weighted by Gasteiger charge is -2.00. The molecule has 0 spiro atoms. The van der Waals surface area contributed by atoms with Crippen LogP contribution in [0.25, 0.3) is 16.2 Å². The number of hydrogen-bond acceptors (Lipinski definition) is 3. The van der Waals surface area contributed by atoms with Crippen LogP contribution in [0.1, 0.15) is 30.1 Å². The first kappa shape index (κ1) is 13.3. The van der Waals surface area contributed by atoms with Crippen molar-refractivity contribution < 1.29 is 0 Å². The highest BCUT2D eigenvalue weighted by Gasteiger charge is 2.15. The molecule has 2 aromatic heterocycles. The molecule has 0 saturated carbocycles. The van der Waals surface area contributed by atoms with Crippen LogP contribution in [0.15, 0.2) is 24.3 Å². The maximum Gasteiger partial charge on any atom is 0.212 e. The number of hydrogen-bond donors (Lipinski definition) is 0. The molecule has 4 heteroatoms. The van der Waals surface area contributed by atoms with Gasteiger partial charge in [0.25, 0.3) is 0 Å². The quantitative estimate of drug-likeness (QED) is 0.719. The molecular formula is C16H19N3S. The highest BCUT2D eigenvalue weighted by molar-refractivity contribution is 7.16. The van der Waals surface area contributed by atoms with Gasteiger partial charge in [0.1, 0.15) is 5.01 Å². The van der Waals surface area contributed by atoms with Crippen LogP contribution in [0.3, 0.4) is 0 Å². The fourth-order valence-corrected chi connectivity index (χ4v) is 3.46. The maximum atomic E-state index is 4.76. The van der Waals surface area contributed by atoms with Crippen molar-refractivity contribution in [2.24, 2.45) is 5.92 Å². The molecule has 0 amide bonds. The lowest BCUT2D eigenvalue weighted by Crippen LogP contribution is -1.96. The zero-order valence-corrected chi connectivity index (χ0v) is 13.2. The summed E-state index contributed by atoms with van der Waals surface area (Å²) < 4.78 is 1.98. The molecule has 3 aromatic rings. The van der Waals surface area contributed by atoms with Crippen LogP contribution in [-0.4, -0.2) is 14.6 Å². The molecule has 104 valence electrons. The largest absolute Gasteiger partial charge is 0.217 e. The third-order valence-electron chi connectivity index (χ3n) is 3.38. The standard InChI is InChI=1S/C16H19N3S/c1-10(2)9-14-18-19-12(4)15(17-16(19)20-14)13-7-5-11(3)6-8-13/h5-8,10H,9H2,1-4H3. The average Bonchev–Trinajstić information content (AvgIpc) is 2.90. The van der Waals surface area contributed by atoms with Gasteiger partial charge in [0.05, 0.1) is 11.4 Å². The second-order valence-electron chi connectivity index (χ2n) is 5.70. The summed E-state index contributed by atoms with van der Waals surface area (Å²) in [5, 5.41) is 5.86. The van der Waals surface area contributed by atoms with Crippen molar-refractivity contribution in [3.05, 3.63) is 40.5 Å². The fourth-order valence-electron chi connectivity index (χ4n) is 2.31. The topological polar surface area (TPSA) is 30.2 Å². The molecule has 1 aromatic carbocycles. The minimum Gasteiger partial charge on any atom is -0.217 e. The number of imidazole rings is 1. The molecule has 0 unspecified atom stereocenters. The number of aromatic nitrogens is 3. The SMILES string of the molecule is Cc1ccc(-c2nc3sc(CC(C)C)nn3c2C)cc1. The highest BCUT2D eigenvalue weighted by atomic mass is 32.1. The van der Waals surface area contributed by atoms with E-state index in [-0.39, 0.29) is 0 Å². The molecule has 0 aliphatic heterocycles. The third-order valence-corrected chi connectivity index (χ3v) is 4.31. The van der Waals surface area contributed by atoms with E-state index in [0.29, 0.717) is 5.92 Å². The predicted octanol–water partition coefficient (Wildman–Crippen LogP) is 4.27. The van der Waals surface area contributed by atoms with Crippen LogP contribution >= 0.6 is 11.3 Å². The van der Waals surface area contributed by atoms with E-state index in [1.54, 1.807) is 11.3 Å². The zero-order chi connectivity index (χ0) is 14.3. The van der Waals surface area contributed by atoms with Crippen molar-refractivity contribution in [2.75, 3.05) is 0 Å². The smallest absolute Gasteiger partial charge is 0.212 e. The number of fused-ring (bicyclic) bond motifs is 1. The summed E-state index contributed by atoms with van der Waals surface area (Å²) in [6.07, 6.45) is 1.02. The van der Waals surface area contributed by atoms with Crippen molar-refractivity contribution in [3.63, 3.8) is 0 Å². The van der Waals surface area contributed by atoms with Gasteiger partial charge in [-0.2, -0.15) is 5.10 Å². The Labute approximate surface area is 123 Å². The van der Waals surface area contributed by atoms with Gasteiger partial charge in [0, 0.05) is 12.0 Å². The summed E-state index contributed by atoms with van der Waals surface area (Å²) in [5.41, 5.74) is 4.59. The summed E-state index contributed by atoms with van der Waals surface area (Å²) in [6, 6.07) is 8.51. The minimum atomic E-state index is 0.628. The van der Waals surface area contributed by atoms with Gasteiger partial charge in [-0.25, -0.2) is 9.50 Å². The molecular weight excluding hydrogens is 266 g/mol. The first-order chi connectivity index (χ1) is 9.54. The van der Waals surface area contributed by atoms with Crippen LogP contribution in [-0.2, 0) is 6.42 Å². The van der Waals surface area contributed by atoms with Crippen LogP contribution in [0, 0.1) is 19.8 Å². The van der Waals surface area contributed by atoms with Gasteiger partial charge in [-0.15, -0.1) is 0 Å². The lowest BCUT2D eigenvalue weighted by atomic mass is 10.1. The van der Waals surface area contributed by atoms with E-state index in [2.05, 4.69) is 57.1 Å². The lowest BCUT2D eigenvalue weighted by molar-refractivity contribution is 0.636. The molecule has 3 nitrogen and oxygen atoms in total. The van der Waals surface area contributed by atoms with Crippen LogP contribution < -0.4 is 0 Å². The second kappa shape index (κ2) is 5.02. The average molecular weight is 285 g/mol. The minimum absolute atomic E-state index is 0.628. The number of nitrogens with zero attached hydrogens (tertiary/aromatic N) is 3. The summed E-state index contributed by atoms with van der Waals surface area (Å²) in [6.45, 7) is 8.62. The Morgan fingerprint density at radius 2 is 1.85 bits per heavy atom. The van der Waals surface area contributed by atoms with Crippen molar-refractivity contribution >= 4 is 16.3 Å². The molecule has 20 heavy (non-hydrogen) atoms. The number of rotatable bonds is 3. The molecule has 0 aliphatic carbocycles. The van der Waals surface area contributed by atoms with Crippen molar-refractivity contribution in [3.8, 4) is 11.3 Å². The van der Waals surface area contributed by atoms with Gasteiger partial charge in [0.2, 0.25) is 4.96 Å². The molecule has 0 fully saturated rings. The van der Waals surface area contributed by atoms with Gasteiger partial charge in [-0.05, 0) is 19.8 Å². The molecule has 0 bridgehead atoms. The molecule has 3 rings (SSSR count). The Balaban J connectivity index is 2.03. The highest BCUT2D eigenvalue weighted by Crippen LogP contribution is 2.27. The normalized spacial score (nSPS) is 11.7. The van der Waals surface area contributed by atoms with Gasteiger partial charge in [0.15, 0.2) is 0 Å². The van der Waals surface area contributed by atoms with Crippen LogP contribution in [0.2, 0.25) is 0 Å². The number of aryl methyl sites for hydroxylation is 2. The van der Waals surface area contributed by atoms with E-state index in [0.717, 1.165) is 28.3 Å². The van der Waals surface area contributed by atoms with Crippen LogP contribution in [0.5, 0.6) is 0 Å². The van der Waals surface area contributed by atoms with Crippen molar-refractivity contribution in [1.82, 2.24) is 14.6 Å². The maximum absolute atomic E-state index is 4.76. The van der Waals surface area contributed by atoms with E-state index in [1.165, 1.54) is 10.6 Å². The summed E-state index contributed by atoms with van der Waals surface area (Å²) in [5.74, 6) is 0.628. The van der Waals surface area contributed by atoms with E-state index >= 15 is 0 Å². The van der Waals surface area contributed by atoms with Crippen molar-refractivity contribution in [1.29, 1.82) is 0 Å². The molecule has 2 heterocycles. The summed E-state index contributed by atoms with van der Waals surface area (Å²) in [7, 11) is 0. The Morgan fingerprint density at radius 3 is 2.45 bits per heavy atom. The van der Waals surface area contributed by atoms with E-state index in [4.69, 9.17) is 4.98 Å². The third kappa shape index (κ3) is 2.36. The van der Waals surface area contributed by atoms with Gasteiger partial charge in [-0.3, -0.25) is 0 Å². The number of benzene rings is 1. The van der Waals surface area contributed by atoms with Gasteiger partial charge >= 0.3 is 0 Å². The molecule has 0 saturated heterocycles. The first-order valence-electron chi connectivity index (χ1n) is 6.96.